The lowest BCUT2D eigenvalue weighted by Crippen LogP contribution is -2.66. The quantitative estimate of drug-likeness (QED) is 0.114. The van der Waals surface area contributed by atoms with E-state index in [9.17, 15) is 36.4 Å². The Bertz CT molecular complexity index is 2120. The van der Waals surface area contributed by atoms with Crippen molar-refractivity contribution in [3.63, 3.8) is 0 Å². The molecule has 2 heterocycles. The summed E-state index contributed by atoms with van der Waals surface area (Å²) in [6, 6.07) is 4.79. The van der Waals surface area contributed by atoms with Crippen LogP contribution >= 0.6 is 0 Å². The zero-order valence-corrected chi connectivity index (χ0v) is 35.0. The van der Waals surface area contributed by atoms with Crippen LogP contribution in [0.1, 0.15) is 85.3 Å². The van der Waals surface area contributed by atoms with Crippen LogP contribution in [-0.2, 0) is 39.8 Å². The van der Waals surface area contributed by atoms with Crippen LogP contribution in [-0.4, -0.2) is 114 Å². The number of allylic oxidation sites excluding steroid dienone is 1. The van der Waals surface area contributed by atoms with Crippen molar-refractivity contribution in [1.82, 2.24) is 30.2 Å². The molecule has 1 unspecified atom stereocenters. The fraction of sp³-hybridized carbons (Fsp3) is 0.650. The molecule has 3 N–H and O–H groups in total. The first-order valence-corrected chi connectivity index (χ1v) is 21.5. The van der Waals surface area contributed by atoms with Gasteiger partial charge in [0.1, 0.15) is 29.6 Å². The zero-order valence-electron chi connectivity index (χ0n) is 34.1. The van der Waals surface area contributed by atoms with E-state index in [1.165, 1.54) is 24.0 Å². The number of para-hydroxylation sites is 2. The number of fused-ring (bicyclic) bond motifs is 1. The van der Waals surface area contributed by atoms with Gasteiger partial charge in [-0.05, 0) is 76.0 Å². The number of nitrogens with zero attached hydrogens (tertiary/aromatic N) is 3. The number of likely N-dealkylation sites (tertiary alicyclic amines) is 1. The van der Waals surface area contributed by atoms with Gasteiger partial charge in [-0.25, -0.2) is 32.0 Å². The molecule has 6 rings (SSSR count). The molecule has 4 aliphatic rings. The second-order valence-electron chi connectivity index (χ2n) is 17.4. The van der Waals surface area contributed by atoms with Gasteiger partial charge < -0.3 is 29.6 Å². The molecule has 3 amide bonds. The Morgan fingerprint density at radius 1 is 1.08 bits per heavy atom. The van der Waals surface area contributed by atoms with E-state index < -0.39 is 110 Å². The Morgan fingerprint density at radius 2 is 1.73 bits per heavy atom. The molecule has 0 radical (unpaired) electrons. The number of aldehydes is 1. The summed E-state index contributed by atoms with van der Waals surface area (Å²) < 4.78 is 103. The highest BCUT2D eigenvalue weighted by Gasteiger charge is 2.67. The molecule has 2 aromatic rings. The number of sulfonamides is 1. The summed E-state index contributed by atoms with van der Waals surface area (Å²) in [7, 11) is -4.30. The van der Waals surface area contributed by atoms with Gasteiger partial charge in [0, 0.05) is 26.1 Å². The molecule has 330 valence electrons. The van der Waals surface area contributed by atoms with Gasteiger partial charge in [0.15, 0.2) is 5.69 Å². The SMILES string of the molecule is C=CC(F)(F)c1nc2ccccc2nc1O[C@@H]1C[C@@H](C(=O)N[C@]2(C(=O)NS(=O)(=O)C3(C)CC3)CC2C(F)F)N(C[C@](C=O)(NC(=O)O[C@@H]2CCC[C@H]2OCC)C(C)(C)C)C1. The first kappa shape index (κ1) is 45.1. The maximum atomic E-state index is 15.3. The van der Waals surface area contributed by atoms with Crippen molar-refractivity contribution in [2.75, 3.05) is 19.7 Å². The average Bonchev–Trinajstić information content (AvgIpc) is 4.02. The summed E-state index contributed by atoms with van der Waals surface area (Å²) in [6.07, 6.45) is -3.79. The Morgan fingerprint density at radius 3 is 2.30 bits per heavy atom. The number of nitrogens with one attached hydrogen (secondary N) is 3. The number of rotatable bonds is 17. The molecular formula is C40H52F4N6O9S. The minimum atomic E-state index is -4.30. The number of halogens is 4. The van der Waals surface area contributed by atoms with Crippen LogP contribution in [0.25, 0.3) is 11.0 Å². The van der Waals surface area contributed by atoms with Gasteiger partial charge in [-0.1, -0.05) is 39.5 Å². The molecule has 0 bridgehead atoms. The molecule has 0 spiro atoms. The Labute approximate surface area is 345 Å². The molecule has 3 saturated carbocycles. The van der Waals surface area contributed by atoms with E-state index in [2.05, 4.69) is 27.2 Å². The van der Waals surface area contributed by atoms with Crippen molar-refractivity contribution >= 4 is 45.3 Å². The van der Waals surface area contributed by atoms with Gasteiger partial charge >= 0.3 is 12.0 Å². The van der Waals surface area contributed by atoms with Crippen LogP contribution in [0, 0.1) is 11.3 Å². The van der Waals surface area contributed by atoms with Crippen molar-refractivity contribution in [3.8, 4) is 5.88 Å². The molecule has 15 nitrogen and oxygen atoms in total. The lowest BCUT2D eigenvalue weighted by molar-refractivity contribution is -0.133. The molecule has 4 fully saturated rings. The summed E-state index contributed by atoms with van der Waals surface area (Å²) in [4.78, 5) is 64.6. The lowest BCUT2D eigenvalue weighted by atomic mass is 9.74. The van der Waals surface area contributed by atoms with Crippen molar-refractivity contribution in [2.45, 2.75) is 132 Å². The number of hydrogen-bond acceptors (Lipinski definition) is 12. The van der Waals surface area contributed by atoms with Gasteiger partial charge in [0.05, 0.1) is 33.8 Å². The van der Waals surface area contributed by atoms with E-state index in [0.29, 0.717) is 31.8 Å². The Kier molecular flexibility index (Phi) is 12.4. The van der Waals surface area contributed by atoms with Crippen molar-refractivity contribution < 1.29 is 59.4 Å². The third kappa shape index (κ3) is 8.82. The number of hydrogen-bond donors (Lipinski definition) is 3. The topological polar surface area (TPSA) is 195 Å². The first-order chi connectivity index (χ1) is 28.0. The summed E-state index contributed by atoms with van der Waals surface area (Å²) in [5.74, 6) is -8.39. The number of alkyl halides is 4. The van der Waals surface area contributed by atoms with E-state index in [0.717, 1.165) is 6.42 Å². The summed E-state index contributed by atoms with van der Waals surface area (Å²) in [6.45, 7) is 11.1. The number of ether oxygens (including phenoxy) is 3. The van der Waals surface area contributed by atoms with Crippen LogP contribution in [0.2, 0.25) is 0 Å². The molecule has 60 heavy (non-hydrogen) atoms. The second-order valence-corrected chi connectivity index (χ2v) is 19.6. The van der Waals surface area contributed by atoms with E-state index in [4.69, 9.17) is 14.2 Å². The molecule has 3 aliphatic carbocycles. The highest BCUT2D eigenvalue weighted by molar-refractivity contribution is 7.91. The summed E-state index contributed by atoms with van der Waals surface area (Å²) >= 11 is 0. The second kappa shape index (κ2) is 16.4. The van der Waals surface area contributed by atoms with Crippen LogP contribution < -0.4 is 20.1 Å². The number of carbonyl (C=O) groups is 4. The predicted octanol–water partition coefficient (Wildman–Crippen LogP) is 4.54. The number of aromatic nitrogens is 2. The summed E-state index contributed by atoms with van der Waals surface area (Å²) in [5.41, 5.74) is -5.74. The van der Waals surface area contributed by atoms with Crippen molar-refractivity contribution in [3.05, 3.63) is 42.6 Å². The average molecular weight is 869 g/mol. The summed E-state index contributed by atoms with van der Waals surface area (Å²) in [5, 5.41) is 5.10. The largest absolute Gasteiger partial charge is 0.471 e. The maximum Gasteiger partial charge on any atom is 0.408 e. The molecule has 1 aromatic carbocycles. The van der Waals surface area contributed by atoms with E-state index in [1.807, 2.05) is 11.6 Å². The van der Waals surface area contributed by atoms with Crippen molar-refractivity contribution in [2.24, 2.45) is 11.3 Å². The molecule has 1 aliphatic heterocycles. The first-order valence-electron chi connectivity index (χ1n) is 20.0. The van der Waals surface area contributed by atoms with Crippen LogP contribution in [0.15, 0.2) is 36.9 Å². The van der Waals surface area contributed by atoms with Gasteiger partial charge in [-0.15, -0.1) is 0 Å². The molecule has 7 atom stereocenters. The van der Waals surface area contributed by atoms with E-state index in [-0.39, 0.29) is 42.9 Å². The standard InChI is InChI=1S/C40H52F4N6O9S/c1-7-40(43,44)30-33(46-26-13-10-9-12-25(26)45-30)58-23-18-27(32(52)47-39(19-24(39)31(41)42)34(53)49-60(55,56)37(6)16-17-37)50(20-23)21-38(22-51,36(3,4)5)48-35(54)59-29-15-11-14-28(29)57-8-2/h7,9-10,12-13,22-24,27-29,31H,1,8,11,14-21H2,2-6H3,(H,47,52)(H,48,54)(H,49,53)/t23-,24?,27+,28-,29-,38-,39-/m1/s1. The van der Waals surface area contributed by atoms with Gasteiger partial charge in [-0.3, -0.25) is 19.2 Å². The van der Waals surface area contributed by atoms with Gasteiger partial charge in [0.25, 0.3) is 5.91 Å². The lowest BCUT2D eigenvalue weighted by Gasteiger charge is -2.44. The minimum Gasteiger partial charge on any atom is -0.471 e. The molecular weight excluding hydrogens is 817 g/mol. The van der Waals surface area contributed by atoms with Gasteiger partial charge in [0.2, 0.25) is 28.2 Å². The Balaban J connectivity index is 1.33. The number of benzene rings is 1. The third-order valence-electron chi connectivity index (χ3n) is 12.3. The van der Waals surface area contributed by atoms with Crippen molar-refractivity contribution in [1.29, 1.82) is 0 Å². The fourth-order valence-electron chi connectivity index (χ4n) is 7.88. The molecule has 1 saturated heterocycles. The zero-order chi connectivity index (χ0) is 44.1. The Hall–Kier alpha value is -4.43. The smallest absolute Gasteiger partial charge is 0.408 e. The van der Waals surface area contributed by atoms with E-state index in [1.54, 1.807) is 32.9 Å². The third-order valence-corrected chi connectivity index (χ3v) is 14.5. The monoisotopic (exact) mass is 868 g/mol. The van der Waals surface area contributed by atoms with Crippen LogP contribution in [0.5, 0.6) is 5.88 Å². The van der Waals surface area contributed by atoms with Gasteiger partial charge in [-0.2, -0.15) is 8.78 Å². The maximum absolute atomic E-state index is 15.3. The molecule has 20 heteroatoms. The number of amides is 3. The minimum absolute atomic E-state index is 0.134. The number of alkyl carbamates (subject to hydrolysis) is 1. The normalized spacial score (nSPS) is 27.5. The highest BCUT2D eigenvalue weighted by atomic mass is 32.2. The van der Waals surface area contributed by atoms with E-state index >= 15 is 8.78 Å². The number of carbonyl (C=O) groups excluding carboxylic acids is 4. The molecule has 1 aromatic heterocycles. The van der Waals surface area contributed by atoms with Crippen LogP contribution in [0.3, 0.4) is 0 Å². The van der Waals surface area contributed by atoms with Crippen LogP contribution in [0.4, 0.5) is 22.4 Å². The predicted molar refractivity (Wildman–Crippen MR) is 209 cm³/mol. The highest BCUT2D eigenvalue weighted by Crippen LogP contribution is 2.49. The fourth-order valence-corrected chi connectivity index (χ4v) is 9.19.